The molecule has 144 valence electrons. The van der Waals surface area contributed by atoms with Crippen LogP contribution in [0.1, 0.15) is 48.2 Å². The third-order valence-electron chi connectivity index (χ3n) is 4.68. The van der Waals surface area contributed by atoms with Crippen LogP contribution >= 0.6 is 23.1 Å². The highest BCUT2D eigenvalue weighted by Crippen LogP contribution is 2.24. The van der Waals surface area contributed by atoms with E-state index in [1.54, 1.807) is 0 Å². The molecule has 0 unspecified atom stereocenters. The predicted octanol–water partition coefficient (Wildman–Crippen LogP) is 4.50. The van der Waals surface area contributed by atoms with Crippen molar-refractivity contribution < 1.29 is 14.0 Å². The summed E-state index contributed by atoms with van der Waals surface area (Å²) in [6.45, 7) is 0.761. The van der Waals surface area contributed by atoms with E-state index in [4.69, 9.17) is 0 Å². The smallest absolute Gasteiger partial charge is 0.226 e. The summed E-state index contributed by atoms with van der Waals surface area (Å²) in [5.74, 6) is 0.436. The molecule has 4 nitrogen and oxygen atoms in total. The van der Waals surface area contributed by atoms with Crippen LogP contribution < -0.4 is 5.32 Å². The second kappa shape index (κ2) is 9.99. The van der Waals surface area contributed by atoms with E-state index >= 15 is 0 Å². The number of nitrogens with zero attached hydrogens (tertiary/aromatic N) is 1. The first kappa shape index (κ1) is 20.0. The molecule has 2 aromatic rings. The molecule has 3 rings (SSSR count). The van der Waals surface area contributed by atoms with Crippen molar-refractivity contribution in [3.63, 3.8) is 0 Å². The molecular formula is C20H23FN2O2S2. The van der Waals surface area contributed by atoms with Gasteiger partial charge in [0.05, 0.1) is 17.9 Å². The minimum atomic E-state index is -0.356. The summed E-state index contributed by atoms with van der Waals surface area (Å²) in [4.78, 5) is 28.7. The quantitative estimate of drug-likeness (QED) is 0.518. The van der Waals surface area contributed by atoms with Gasteiger partial charge in [0.15, 0.2) is 10.1 Å². The maximum Gasteiger partial charge on any atom is 0.226 e. The number of thiazole rings is 1. The Hall–Kier alpha value is -1.73. The van der Waals surface area contributed by atoms with Crippen molar-refractivity contribution in [1.29, 1.82) is 0 Å². The van der Waals surface area contributed by atoms with Crippen LogP contribution in [0.4, 0.5) is 4.39 Å². The molecule has 1 saturated carbocycles. The number of nitrogens with one attached hydrogen (secondary N) is 1. The van der Waals surface area contributed by atoms with Gasteiger partial charge in [-0.3, -0.25) is 9.59 Å². The number of hydrogen-bond acceptors (Lipinski definition) is 5. The Kier molecular flexibility index (Phi) is 7.41. The molecule has 1 aromatic carbocycles. The van der Waals surface area contributed by atoms with E-state index in [0.717, 1.165) is 16.6 Å². The maximum absolute atomic E-state index is 12.9. The highest BCUT2D eigenvalue weighted by Gasteiger charge is 2.15. The Bertz CT molecular complexity index is 771. The number of carbonyl (C=O) groups is 2. The van der Waals surface area contributed by atoms with Crippen LogP contribution in [-0.4, -0.2) is 29.0 Å². The first-order valence-corrected chi connectivity index (χ1v) is 11.1. The van der Waals surface area contributed by atoms with E-state index in [-0.39, 0.29) is 29.7 Å². The van der Waals surface area contributed by atoms with E-state index in [1.165, 1.54) is 79.5 Å². The largest absolute Gasteiger partial charge is 0.355 e. The van der Waals surface area contributed by atoms with Crippen LogP contribution in [0.15, 0.2) is 34.0 Å². The van der Waals surface area contributed by atoms with Gasteiger partial charge in [-0.15, -0.1) is 11.3 Å². The normalized spacial score (nSPS) is 14.9. The molecule has 7 heteroatoms. The molecule has 1 fully saturated rings. The molecule has 0 radical (unpaired) electrons. The SMILES string of the molecule is O=C(Cc1csc(SCC(=O)c2ccc(F)cc2)n1)NCC1CCCCC1. The molecule has 0 saturated heterocycles. The van der Waals surface area contributed by atoms with Crippen molar-refractivity contribution in [2.45, 2.75) is 42.9 Å². The number of hydrogen-bond donors (Lipinski definition) is 1. The number of benzene rings is 1. The molecule has 0 bridgehead atoms. The zero-order chi connectivity index (χ0) is 19.1. The van der Waals surface area contributed by atoms with Crippen molar-refractivity contribution in [3.8, 4) is 0 Å². The van der Waals surface area contributed by atoms with Gasteiger partial charge in [-0.2, -0.15) is 0 Å². The van der Waals surface area contributed by atoms with E-state index in [2.05, 4.69) is 10.3 Å². The fourth-order valence-corrected chi connectivity index (χ4v) is 4.90. The van der Waals surface area contributed by atoms with Gasteiger partial charge < -0.3 is 5.32 Å². The lowest BCUT2D eigenvalue weighted by atomic mass is 9.89. The Morgan fingerprint density at radius 3 is 2.67 bits per heavy atom. The molecular weight excluding hydrogens is 383 g/mol. The first-order chi connectivity index (χ1) is 13.1. The van der Waals surface area contributed by atoms with Gasteiger partial charge >= 0.3 is 0 Å². The predicted molar refractivity (Wildman–Crippen MR) is 107 cm³/mol. The van der Waals surface area contributed by atoms with Crippen LogP contribution in [0.25, 0.3) is 0 Å². The molecule has 1 aliphatic rings. The molecule has 1 aromatic heterocycles. The summed E-state index contributed by atoms with van der Waals surface area (Å²) in [6.07, 6.45) is 6.54. The zero-order valence-corrected chi connectivity index (χ0v) is 16.7. The average Bonchev–Trinajstić information content (AvgIpc) is 3.13. The fourth-order valence-electron chi connectivity index (χ4n) is 3.16. The van der Waals surface area contributed by atoms with Gasteiger partial charge in [-0.1, -0.05) is 31.0 Å². The zero-order valence-electron chi connectivity index (χ0n) is 15.1. The second-order valence-electron chi connectivity index (χ2n) is 6.81. The van der Waals surface area contributed by atoms with Gasteiger partial charge in [-0.05, 0) is 43.0 Å². The molecule has 0 spiro atoms. The van der Waals surface area contributed by atoms with Crippen LogP contribution in [-0.2, 0) is 11.2 Å². The van der Waals surface area contributed by atoms with Crippen LogP contribution in [0.2, 0.25) is 0 Å². The summed E-state index contributed by atoms with van der Waals surface area (Å²) >= 11 is 2.78. The highest BCUT2D eigenvalue weighted by atomic mass is 32.2. The maximum atomic E-state index is 12.9. The first-order valence-electron chi connectivity index (χ1n) is 9.23. The Balaban J connectivity index is 1.41. The minimum Gasteiger partial charge on any atom is -0.355 e. The van der Waals surface area contributed by atoms with Gasteiger partial charge in [0.1, 0.15) is 5.82 Å². The lowest BCUT2D eigenvalue weighted by Gasteiger charge is -2.21. The number of Topliss-reactive ketones (excluding diaryl/α,β-unsaturated/α-hetero) is 1. The molecule has 1 N–H and O–H groups in total. The number of rotatable bonds is 8. The summed E-state index contributed by atoms with van der Waals surface area (Å²) in [7, 11) is 0. The Morgan fingerprint density at radius 1 is 1.19 bits per heavy atom. The van der Waals surface area contributed by atoms with Gasteiger partial charge in [0.2, 0.25) is 5.91 Å². The van der Waals surface area contributed by atoms with Gasteiger partial charge in [0.25, 0.3) is 0 Å². The molecule has 1 amide bonds. The Morgan fingerprint density at radius 2 is 1.93 bits per heavy atom. The summed E-state index contributed by atoms with van der Waals surface area (Å²) in [5, 5.41) is 4.89. The highest BCUT2D eigenvalue weighted by molar-refractivity contribution is 8.01. The number of thioether (sulfide) groups is 1. The van der Waals surface area contributed by atoms with Crippen LogP contribution in [0.3, 0.4) is 0 Å². The van der Waals surface area contributed by atoms with E-state index in [9.17, 15) is 14.0 Å². The van der Waals surface area contributed by atoms with Gasteiger partial charge in [-0.25, -0.2) is 9.37 Å². The number of ketones is 1. The lowest BCUT2D eigenvalue weighted by Crippen LogP contribution is -2.31. The van der Waals surface area contributed by atoms with E-state index in [0.29, 0.717) is 11.5 Å². The summed E-state index contributed by atoms with van der Waals surface area (Å²) in [5.41, 5.74) is 1.22. The number of carbonyl (C=O) groups excluding carboxylic acids is 2. The lowest BCUT2D eigenvalue weighted by molar-refractivity contribution is -0.120. The van der Waals surface area contributed by atoms with Crippen molar-refractivity contribution in [2.24, 2.45) is 5.92 Å². The average molecular weight is 407 g/mol. The standard InChI is InChI=1S/C20H23FN2O2S2/c21-16-8-6-15(7-9-16)18(24)13-27-20-23-17(12-26-20)10-19(25)22-11-14-4-2-1-3-5-14/h6-9,12,14H,1-5,10-11,13H2,(H,22,25). The monoisotopic (exact) mass is 406 g/mol. The van der Waals surface area contributed by atoms with Crippen molar-refractivity contribution >= 4 is 34.8 Å². The third-order valence-corrected chi connectivity index (χ3v) is 6.75. The minimum absolute atomic E-state index is 0.00446. The second-order valence-corrected chi connectivity index (χ2v) is 8.89. The van der Waals surface area contributed by atoms with E-state index < -0.39 is 0 Å². The van der Waals surface area contributed by atoms with Crippen LogP contribution in [0, 0.1) is 11.7 Å². The molecule has 0 aliphatic heterocycles. The summed E-state index contributed by atoms with van der Waals surface area (Å²) in [6, 6.07) is 5.54. The van der Waals surface area contributed by atoms with E-state index in [1.807, 2.05) is 5.38 Å². The number of aromatic nitrogens is 1. The third kappa shape index (κ3) is 6.43. The Labute approximate surface area is 167 Å². The topological polar surface area (TPSA) is 59.1 Å². The molecule has 1 heterocycles. The van der Waals surface area contributed by atoms with Crippen molar-refractivity contribution in [3.05, 3.63) is 46.7 Å². The molecule has 27 heavy (non-hydrogen) atoms. The van der Waals surface area contributed by atoms with Crippen molar-refractivity contribution in [2.75, 3.05) is 12.3 Å². The summed E-state index contributed by atoms with van der Waals surface area (Å²) < 4.78 is 13.7. The van der Waals surface area contributed by atoms with Crippen LogP contribution in [0.5, 0.6) is 0 Å². The number of amides is 1. The fraction of sp³-hybridized carbons (Fsp3) is 0.450. The molecule has 1 aliphatic carbocycles. The van der Waals surface area contributed by atoms with Crippen molar-refractivity contribution in [1.82, 2.24) is 10.3 Å². The number of halogens is 1. The molecule has 0 atom stereocenters. The van der Waals surface area contributed by atoms with Gasteiger partial charge in [0, 0.05) is 17.5 Å².